The van der Waals surface area contributed by atoms with E-state index in [4.69, 9.17) is 10.5 Å². The summed E-state index contributed by atoms with van der Waals surface area (Å²) in [5.74, 6) is 0.919. The maximum absolute atomic E-state index is 5.98. The molecule has 0 saturated carbocycles. The van der Waals surface area contributed by atoms with Crippen LogP contribution in [-0.4, -0.2) is 31.1 Å². The lowest BCUT2D eigenvalue weighted by Crippen LogP contribution is -2.28. The van der Waals surface area contributed by atoms with Gasteiger partial charge in [0.15, 0.2) is 0 Å². The fourth-order valence-corrected chi connectivity index (χ4v) is 1.98. The molecule has 3 heteroatoms. The zero-order valence-electron chi connectivity index (χ0n) is 12.1. The van der Waals surface area contributed by atoms with Gasteiger partial charge in [0.1, 0.15) is 12.4 Å². The molecule has 1 aromatic carbocycles. The van der Waals surface area contributed by atoms with Gasteiger partial charge in [0.05, 0.1) is 0 Å². The van der Waals surface area contributed by atoms with Gasteiger partial charge in [0.25, 0.3) is 0 Å². The average molecular weight is 250 g/mol. The number of nitrogens with two attached hydrogens (primary N) is 1. The maximum atomic E-state index is 5.98. The molecule has 0 heterocycles. The summed E-state index contributed by atoms with van der Waals surface area (Å²) in [5, 5.41) is 0. The van der Waals surface area contributed by atoms with Crippen LogP contribution in [0.15, 0.2) is 18.2 Å². The molecule has 0 aromatic heterocycles. The molecule has 0 amide bonds. The Morgan fingerprint density at radius 3 is 2.50 bits per heavy atom. The predicted octanol–water partition coefficient (Wildman–Crippen LogP) is 2.74. The minimum Gasteiger partial charge on any atom is -0.492 e. The van der Waals surface area contributed by atoms with E-state index >= 15 is 0 Å². The summed E-state index contributed by atoms with van der Waals surface area (Å²) in [7, 11) is 0. The first-order chi connectivity index (χ1) is 8.58. The van der Waals surface area contributed by atoms with Gasteiger partial charge in [0.2, 0.25) is 0 Å². The lowest BCUT2D eigenvalue weighted by Gasteiger charge is -2.20. The van der Waals surface area contributed by atoms with E-state index in [0.29, 0.717) is 6.61 Å². The third-order valence-corrected chi connectivity index (χ3v) is 3.22. The second-order valence-electron chi connectivity index (χ2n) is 4.71. The molecule has 0 unspecified atom stereocenters. The zero-order chi connectivity index (χ0) is 13.5. The van der Waals surface area contributed by atoms with Crippen LogP contribution in [0.25, 0.3) is 0 Å². The summed E-state index contributed by atoms with van der Waals surface area (Å²) in [6.45, 7) is 12.2. The normalized spacial score (nSPS) is 12.8. The first-order valence-corrected chi connectivity index (χ1v) is 6.79. The quantitative estimate of drug-likeness (QED) is 0.808. The molecule has 1 aromatic rings. The lowest BCUT2D eigenvalue weighted by atomic mass is 10.1. The van der Waals surface area contributed by atoms with Gasteiger partial charge < -0.3 is 15.4 Å². The number of aryl methyl sites for hydroxylation is 1. The molecular formula is C15H26N2O. The maximum Gasteiger partial charge on any atom is 0.124 e. The van der Waals surface area contributed by atoms with Crippen LogP contribution in [-0.2, 0) is 0 Å². The third-order valence-electron chi connectivity index (χ3n) is 3.22. The summed E-state index contributed by atoms with van der Waals surface area (Å²) >= 11 is 0. The van der Waals surface area contributed by atoms with E-state index < -0.39 is 0 Å². The Balaban J connectivity index is 2.61. The number of hydrogen-bond donors (Lipinski definition) is 1. The Hall–Kier alpha value is -1.06. The van der Waals surface area contributed by atoms with E-state index in [2.05, 4.69) is 37.8 Å². The molecular weight excluding hydrogens is 224 g/mol. The van der Waals surface area contributed by atoms with Crippen LogP contribution >= 0.6 is 0 Å². The van der Waals surface area contributed by atoms with Crippen molar-refractivity contribution < 1.29 is 4.74 Å². The van der Waals surface area contributed by atoms with Gasteiger partial charge in [-0.05, 0) is 33.0 Å². The van der Waals surface area contributed by atoms with Crippen LogP contribution in [0.1, 0.15) is 37.9 Å². The van der Waals surface area contributed by atoms with Crippen LogP contribution in [0, 0.1) is 6.92 Å². The zero-order valence-corrected chi connectivity index (χ0v) is 12.1. The van der Waals surface area contributed by atoms with Gasteiger partial charge in [-0.25, -0.2) is 0 Å². The Labute approximate surface area is 111 Å². The van der Waals surface area contributed by atoms with E-state index in [9.17, 15) is 0 Å². The van der Waals surface area contributed by atoms with Gasteiger partial charge >= 0.3 is 0 Å². The van der Waals surface area contributed by atoms with E-state index in [-0.39, 0.29) is 6.04 Å². The molecule has 0 spiro atoms. The number of likely N-dealkylation sites (N-methyl/N-ethyl adjacent to an activating group) is 1. The van der Waals surface area contributed by atoms with Gasteiger partial charge in [-0.3, -0.25) is 0 Å². The molecule has 0 aliphatic heterocycles. The molecule has 0 aliphatic rings. The first-order valence-electron chi connectivity index (χ1n) is 6.79. The predicted molar refractivity (Wildman–Crippen MR) is 77.1 cm³/mol. The highest BCUT2D eigenvalue weighted by atomic mass is 16.5. The Kier molecular flexibility index (Phi) is 6.16. The number of nitrogens with zero attached hydrogens (tertiary/aromatic N) is 1. The summed E-state index contributed by atoms with van der Waals surface area (Å²) < 4.78 is 5.87. The molecule has 3 nitrogen and oxygen atoms in total. The molecule has 102 valence electrons. The van der Waals surface area contributed by atoms with E-state index in [1.165, 1.54) is 5.56 Å². The second kappa shape index (κ2) is 7.39. The lowest BCUT2D eigenvalue weighted by molar-refractivity contribution is 0.221. The van der Waals surface area contributed by atoms with Crippen LogP contribution in [0.3, 0.4) is 0 Å². The van der Waals surface area contributed by atoms with Crippen LogP contribution in [0.2, 0.25) is 0 Å². The Bertz CT molecular complexity index is 360. The van der Waals surface area contributed by atoms with Crippen molar-refractivity contribution in [3.63, 3.8) is 0 Å². The Morgan fingerprint density at radius 1 is 1.28 bits per heavy atom. The fourth-order valence-electron chi connectivity index (χ4n) is 1.98. The monoisotopic (exact) mass is 250 g/mol. The van der Waals surface area contributed by atoms with E-state index in [1.54, 1.807) is 0 Å². The highest BCUT2D eigenvalue weighted by molar-refractivity contribution is 5.38. The largest absolute Gasteiger partial charge is 0.492 e. The third kappa shape index (κ3) is 4.31. The molecule has 0 fully saturated rings. The fraction of sp³-hybridized carbons (Fsp3) is 0.600. The number of ether oxygens (including phenoxy) is 1. The van der Waals surface area contributed by atoms with Gasteiger partial charge in [-0.15, -0.1) is 0 Å². The summed E-state index contributed by atoms with van der Waals surface area (Å²) in [6.07, 6.45) is 0. The highest BCUT2D eigenvalue weighted by Gasteiger charge is 2.08. The van der Waals surface area contributed by atoms with Crippen molar-refractivity contribution in [2.45, 2.75) is 33.7 Å². The summed E-state index contributed by atoms with van der Waals surface area (Å²) in [6, 6.07) is 6.21. The van der Waals surface area contributed by atoms with Crippen molar-refractivity contribution in [1.29, 1.82) is 0 Å². The van der Waals surface area contributed by atoms with Crippen LogP contribution < -0.4 is 10.5 Å². The number of hydrogen-bond acceptors (Lipinski definition) is 3. The van der Waals surface area contributed by atoms with Crippen molar-refractivity contribution in [1.82, 2.24) is 4.90 Å². The molecule has 1 atom stereocenters. The molecule has 0 bridgehead atoms. The number of rotatable bonds is 7. The molecule has 0 aliphatic carbocycles. The van der Waals surface area contributed by atoms with Gasteiger partial charge in [-0.2, -0.15) is 0 Å². The molecule has 18 heavy (non-hydrogen) atoms. The summed E-state index contributed by atoms with van der Waals surface area (Å²) in [5.41, 5.74) is 8.29. The van der Waals surface area contributed by atoms with Crippen LogP contribution in [0.5, 0.6) is 5.75 Å². The Morgan fingerprint density at radius 2 is 1.94 bits per heavy atom. The van der Waals surface area contributed by atoms with E-state index in [1.807, 2.05) is 13.0 Å². The van der Waals surface area contributed by atoms with Gasteiger partial charge in [0, 0.05) is 18.2 Å². The van der Waals surface area contributed by atoms with Crippen LogP contribution in [0.4, 0.5) is 0 Å². The molecule has 0 radical (unpaired) electrons. The summed E-state index contributed by atoms with van der Waals surface area (Å²) in [4.78, 5) is 2.35. The van der Waals surface area contributed by atoms with Gasteiger partial charge in [-0.1, -0.05) is 31.5 Å². The minimum atomic E-state index is 0.00773. The van der Waals surface area contributed by atoms with Crippen molar-refractivity contribution in [2.75, 3.05) is 26.2 Å². The van der Waals surface area contributed by atoms with Crippen molar-refractivity contribution in [2.24, 2.45) is 5.73 Å². The highest BCUT2D eigenvalue weighted by Crippen LogP contribution is 2.24. The minimum absolute atomic E-state index is 0.00773. The smallest absolute Gasteiger partial charge is 0.124 e. The second-order valence-corrected chi connectivity index (χ2v) is 4.71. The van der Waals surface area contributed by atoms with Crippen molar-refractivity contribution in [3.05, 3.63) is 29.3 Å². The standard InChI is InChI=1S/C15H26N2O/c1-5-17(6-2)9-10-18-15-8-7-12(3)11-14(15)13(4)16/h7-8,11,13H,5-6,9-10,16H2,1-4H3/t13-/m0/s1. The molecule has 0 saturated heterocycles. The molecule has 1 rings (SSSR count). The van der Waals surface area contributed by atoms with Crippen molar-refractivity contribution in [3.8, 4) is 5.75 Å². The van der Waals surface area contributed by atoms with Crippen molar-refractivity contribution >= 4 is 0 Å². The topological polar surface area (TPSA) is 38.5 Å². The number of benzene rings is 1. The first kappa shape index (κ1) is 15.0. The SMILES string of the molecule is CCN(CC)CCOc1ccc(C)cc1[C@H](C)N. The van der Waals surface area contributed by atoms with E-state index in [0.717, 1.165) is 30.9 Å². The average Bonchev–Trinajstić information content (AvgIpc) is 2.36. The molecule has 2 N–H and O–H groups in total.